The third-order valence-corrected chi connectivity index (χ3v) is 11.1. The van der Waals surface area contributed by atoms with Crippen LogP contribution < -0.4 is 15.9 Å². The molecule has 126 valence electrons. The first-order valence-corrected chi connectivity index (χ1v) is 11.2. The number of hydrogen-bond acceptors (Lipinski definition) is 2. The van der Waals surface area contributed by atoms with Crippen LogP contribution in [-0.4, -0.2) is 12.3 Å². The zero-order valence-electron chi connectivity index (χ0n) is 13.6. The van der Waals surface area contributed by atoms with Crippen LogP contribution in [0.4, 0.5) is 0 Å². The molecule has 0 radical (unpaired) electrons. The molecule has 0 atom stereocenters. The fourth-order valence-corrected chi connectivity index (χ4v) is 8.36. The summed E-state index contributed by atoms with van der Waals surface area (Å²) in [7, 11) is 0. The second-order valence-corrected chi connectivity index (χ2v) is 12.1. The first-order valence-electron chi connectivity index (χ1n) is 7.91. The van der Waals surface area contributed by atoms with Gasteiger partial charge in [-0.1, -0.05) is 0 Å². The van der Waals surface area contributed by atoms with Crippen LogP contribution in [0.3, 0.4) is 0 Å². The van der Waals surface area contributed by atoms with Crippen molar-refractivity contribution in [2.75, 3.05) is 6.35 Å². The molecule has 0 aliphatic heterocycles. The van der Waals surface area contributed by atoms with Gasteiger partial charge in [0.25, 0.3) is 0 Å². The summed E-state index contributed by atoms with van der Waals surface area (Å²) in [5, 5.41) is 2.98. The van der Waals surface area contributed by atoms with Gasteiger partial charge >= 0.3 is 152 Å². The van der Waals surface area contributed by atoms with Crippen LogP contribution in [0.1, 0.15) is 0 Å². The minimum atomic E-state index is -3.43. The van der Waals surface area contributed by atoms with Gasteiger partial charge in [-0.25, -0.2) is 0 Å². The van der Waals surface area contributed by atoms with Crippen LogP contribution >= 0.6 is 17.2 Å². The SMILES string of the molecule is O=C=COCP(Cl)(c1ccccc1)(c1ccccc1)c1ccccc1. The molecule has 4 heteroatoms. The number of benzene rings is 3. The quantitative estimate of drug-likeness (QED) is 0.373. The zero-order chi connectivity index (χ0) is 17.6. The molecule has 3 rings (SSSR count). The standard InChI is InChI=1S/C21H18ClO2P/c22-25(18-24-17-16-23,19-10-4-1-5-11-19,20-12-6-2-7-13-20)21-14-8-3-9-15-21/h1-15,17H,18H2. The Bertz CT molecular complexity index is 776. The molecule has 2 nitrogen and oxygen atoms in total. The van der Waals surface area contributed by atoms with Crippen molar-refractivity contribution in [2.45, 2.75) is 0 Å². The van der Waals surface area contributed by atoms with Crippen LogP contribution in [0.25, 0.3) is 0 Å². The van der Waals surface area contributed by atoms with Gasteiger partial charge in [-0.15, -0.1) is 0 Å². The van der Waals surface area contributed by atoms with E-state index in [2.05, 4.69) is 0 Å². The molecular weight excluding hydrogens is 351 g/mol. The maximum absolute atomic E-state index is 10.7. The summed E-state index contributed by atoms with van der Waals surface area (Å²) < 4.78 is 5.59. The summed E-state index contributed by atoms with van der Waals surface area (Å²) in [4.78, 5) is 10.7. The molecule has 0 unspecified atom stereocenters. The monoisotopic (exact) mass is 368 g/mol. The molecule has 0 spiro atoms. The van der Waals surface area contributed by atoms with Crippen molar-refractivity contribution in [1.82, 2.24) is 0 Å². The van der Waals surface area contributed by atoms with Crippen molar-refractivity contribution in [2.24, 2.45) is 0 Å². The van der Waals surface area contributed by atoms with Gasteiger partial charge in [-0.3, -0.25) is 0 Å². The van der Waals surface area contributed by atoms with E-state index in [1.54, 1.807) is 5.94 Å². The molecule has 0 fully saturated rings. The Balaban J connectivity index is 2.37. The Kier molecular flexibility index (Phi) is 5.06. The Hall–Kier alpha value is -2.37. The number of hydrogen-bond donors (Lipinski definition) is 0. The van der Waals surface area contributed by atoms with Crippen molar-refractivity contribution < 1.29 is 9.53 Å². The van der Waals surface area contributed by atoms with Gasteiger partial charge in [0.15, 0.2) is 0 Å². The fraction of sp³-hybridized carbons (Fsp3) is 0.0476. The third-order valence-electron chi connectivity index (χ3n) is 4.33. The zero-order valence-corrected chi connectivity index (χ0v) is 15.2. The van der Waals surface area contributed by atoms with E-state index in [0.29, 0.717) is 0 Å². The number of rotatable bonds is 6. The van der Waals surface area contributed by atoms with Crippen LogP contribution in [0.5, 0.6) is 0 Å². The first-order chi connectivity index (χ1) is 12.2. The molecule has 0 saturated carbocycles. The van der Waals surface area contributed by atoms with Crippen LogP contribution in [-0.2, 0) is 9.53 Å². The van der Waals surface area contributed by atoms with Crippen LogP contribution in [0.2, 0.25) is 0 Å². The molecular formula is C21H18ClO2P. The average molecular weight is 369 g/mol. The molecule has 0 aliphatic rings. The van der Waals surface area contributed by atoms with Crippen molar-refractivity contribution in [3.63, 3.8) is 0 Å². The van der Waals surface area contributed by atoms with E-state index in [1.807, 2.05) is 91.0 Å². The van der Waals surface area contributed by atoms with E-state index in [0.717, 1.165) is 22.2 Å². The normalized spacial score (nSPS) is 12.4. The van der Waals surface area contributed by atoms with Gasteiger partial charge in [0.2, 0.25) is 0 Å². The van der Waals surface area contributed by atoms with Crippen molar-refractivity contribution in [3.05, 3.63) is 97.3 Å². The molecule has 25 heavy (non-hydrogen) atoms. The van der Waals surface area contributed by atoms with Gasteiger partial charge < -0.3 is 0 Å². The van der Waals surface area contributed by atoms with E-state index in [-0.39, 0.29) is 6.35 Å². The van der Waals surface area contributed by atoms with Gasteiger partial charge in [-0.05, 0) is 0 Å². The minimum absolute atomic E-state index is 0.181. The second-order valence-electron chi connectivity index (χ2n) is 5.72. The summed E-state index contributed by atoms with van der Waals surface area (Å²) in [6.45, 7) is 0. The summed E-state index contributed by atoms with van der Waals surface area (Å²) in [5.74, 6) is -1.75. The van der Waals surface area contributed by atoms with Crippen LogP contribution in [0, 0.1) is 0 Å². The molecule has 3 aromatic carbocycles. The molecule has 0 saturated heterocycles. The van der Waals surface area contributed by atoms with E-state index < -0.39 is 5.96 Å². The van der Waals surface area contributed by atoms with E-state index >= 15 is 0 Å². The fourth-order valence-electron chi connectivity index (χ4n) is 3.10. The molecule has 0 aliphatic carbocycles. The molecule has 0 aromatic heterocycles. The molecule has 0 heterocycles. The maximum atomic E-state index is 10.7. The Morgan fingerprint density at radius 1 is 0.760 bits per heavy atom. The number of halogens is 1. The topological polar surface area (TPSA) is 26.3 Å². The Labute approximate surface area is 152 Å². The second kappa shape index (κ2) is 7.25. The Morgan fingerprint density at radius 2 is 1.12 bits per heavy atom. The van der Waals surface area contributed by atoms with Crippen molar-refractivity contribution >= 4 is 39.1 Å². The summed E-state index contributed by atoms with van der Waals surface area (Å²) >= 11 is 7.67. The summed E-state index contributed by atoms with van der Waals surface area (Å²) in [5.41, 5.74) is 0. The summed E-state index contributed by atoms with van der Waals surface area (Å²) in [6, 6.07) is 29.9. The third kappa shape index (κ3) is 3.01. The van der Waals surface area contributed by atoms with Gasteiger partial charge in [0, 0.05) is 0 Å². The van der Waals surface area contributed by atoms with Gasteiger partial charge in [-0.2, -0.15) is 0 Å². The Morgan fingerprint density at radius 3 is 1.44 bits per heavy atom. The van der Waals surface area contributed by atoms with E-state index in [4.69, 9.17) is 16.0 Å². The van der Waals surface area contributed by atoms with Gasteiger partial charge in [0.05, 0.1) is 0 Å². The van der Waals surface area contributed by atoms with Crippen LogP contribution in [0.15, 0.2) is 97.3 Å². The van der Waals surface area contributed by atoms with E-state index in [1.165, 1.54) is 0 Å². The molecule has 3 aromatic rings. The molecule has 0 amide bonds. The molecule has 0 bridgehead atoms. The average Bonchev–Trinajstić information content (AvgIpc) is 2.70. The predicted molar refractivity (Wildman–Crippen MR) is 107 cm³/mol. The first kappa shape index (κ1) is 17.5. The predicted octanol–water partition coefficient (Wildman–Crippen LogP) is 3.99. The number of carbonyl (C=O) groups excluding carboxylic acids is 1. The number of ether oxygens (including phenoxy) is 1. The van der Waals surface area contributed by atoms with E-state index in [9.17, 15) is 4.79 Å². The summed E-state index contributed by atoms with van der Waals surface area (Å²) in [6.07, 6.45) is 1.22. The van der Waals surface area contributed by atoms with Gasteiger partial charge in [0.1, 0.15) is 0 Å². The van der Waals surface area contributed by atoms with Crippen molar-refractivity contribution in [1.29, 1.82) is 0 Å². The van der Waals surface area contributed by atoms with Crippen molar-refractivity contribution in [3.8, 4) is 0 Å². The molecule has 0 N–H and O–H groups in total.